The smallest absolute Gasteiger partial charge is 0.223 e. The molecule has 214 valence electrons. The van der Waals surface area contributed by atoms with Crippen molar-refractivity contribution in [2.75, 3.05) is 43.7 Å². The maximum atomic E-state index is 14.1. The van der Waals surface area contributed by atoms with Crippen molar-refractivity contribution < 1.29 is 28.2 Å². The molecule has 0 radical (unpaired) electrons. The molecule has 2 aromatic carbocycles. The second kappa shape index (κ2) is 13.2. The lowest BCUT2D eigenvalue weighted by molar-refractivity contribution is -0.117. The number of benzene rings is 2. The Morgan fingerprint density at radius 3 is 2.70 bits per heavy atom. The molecule has 1 unspecified atom stereocenters. The van der Waals surface area contributed by atoms with Crippen LogP contribution in [0.25, 0.3) is 0 Å². The van der Waals surface area contributed by atoms with Crippen LogP contribution in [-0.2, 0) is 11.2 Å². The van der Waals surface area contributed by atoms with Crippen LogP contribution in [0.5, 0.6) is 11.5 Å². The Balaban J connectivity index is 1.63. The predicted octanol–water partition coefficient (Wildman–Crippen LogP) is 2.82. The van der Waals surface area contributed by atoms with Gasteiger partial charge < -0.3 is 35.8 Å². The fourth-order valence-corrected chi connectivity index (χ4v) is 4.16. The number of anilines is 2. The highest BCUT2D eigenvalue weighted by Crippen LogP contribution is 2.38. The Morgan fingerprint density at radius 1 is 1.23 bits per heavy atom. The summed E-state index contributed by atoms with van der Waals surface area (Å²) in [6, 6.07) is 8.29. The van der Waals surface area contributed by atoms with E-state index in [0.717, 1.165) is 6.07 Å². The number of rotatable bonds is 13. The van der Waals surface area contributed by atoms with E-state index in [1.165, 1.54) is 19.2 Å². The van der Waals surface area contributed by atoms with E-state index >= 15 is 0 Å². The SMILES string of the molecule is CCC(O)CNCCCOc1cc2c(cc1OC)C(=Nc1cc(CC(N)=O)[nH]n1)N(c1cc(F)cc(F)c1)CN2. The number of aliphatic hydroxyl groups is 1. The van der Waals surface area contributed by atoms with E-state index in [9.17, 15) is 18.7 Å². The lowest BCUT2D eigenvalue weighted by atomic mass is 10.1. The monoisotopic (exact) mass is 557 g/mol. The highest BCUT2D eigenvalue weighted by Gasteiger charge is 2.27. The third-order valence-electron chi connectivity index (χ3n) is 6.20. The molecule has 6 N–H and O–H groups in total. The van der Waals surface area contributed by atoms with Crippen LogP contribution >= 0.6 is 0 Å². The highest BCUT2D eigenvalue weighted by molar-refractivity contribution is 6.16. The summed E-state index contributed by atoms with van der Waals surface area (Å²) in [6.07, 6.45) is 0.984. The first-order valence-corrected chi connectivity index (χ1v) is 12.9. The van der Waals surface area contributed by atoms with Gasteiger partial charge in [0.15, 0.2) is 17.3 Å². The average Bonchev–Trinajstić information content (AvgIpc) is 3.35. The van der Waals surface area contributed by atoms with E-state index in [2.05, 4.69) is 25.8 Å². The summed E-state index contributed by atoms with van der Waals surface area (Å²) in [6.45, 7) is 3.68. The maximum Gasteiger partial charge on any atom is 0.223 e. The van der Waals surface area contributed by atoms with Gasteiger partial charge in [-0.25, -0.2) is 13.8 Å². The molecule has 0 saturated carbocycles. The Morgan fingerprint density at radius 2 is 2.00 bits per heavy atom. The summed E-state index contributed by atoms with van der Waals surface area (Å²) in [5, 5.41) is 23.0. The molecule has 1 aliphatic rings. The molecule has 1 atom stereocenters. The largest absolute Gasteiger partial charge is 0.493 e. The first-order valence-electron chi connectivity index (χ1n) is 12.9. The maximum absolute atomic E-state index is 14.1. The van der Waals surface area contributed by atoms with Gasteiger partial charge in [-0.2, -0.15) is 5.10 Å². The Kier molecular flexibility index (Phi) is 9.51. The summed E-state index contributed by atoms with van der Waals surface area (Å²) in [5.41, 5.74) is 7.24. The molecule has 3 aromatic rings. The number of amides is 1. The van der Waals surface area contributed by atoms with Crippen LogP contribution < -0.4 is 30.7 Å². The van der Waals surface area contributed by atoms with Crippen molar-refractivity contribution in [3.05, 3.63) is 59.3 Å². The van der Waals surface area contributed by atoms with E-state index in [1.54, 1.807) is 23.1 Å². The minimum absolute atomic E-state index is 0.0436. The van der Waals surface area contributed by atoms with E-state index in [1.807, 2.05) is 6.92 Å². The third-order valence-corrected chi connectivity index (χ3v) is 6.20. The van der Waals surface area contributed by atoms with Crippen LogP contribution in [0.1, 0.15) is 31.0 Å². The van der Waals surface area contributed by atoms with Gasteiger partial charge >= 0.3 is 0 Å². The zero-order valence-corrected chi connectivity index (χ0v) is 22.3. The number of nitrogens with zero attached hydrogens (tertiary/aromatic N) is 3. The van der Waals surface area contributed by atoms with Crippen molar-refractivity contribution in [3.8, 4) is 11.5 Å². The topological polar surface area (TPSA) is 150 Å². The second-order valence-corrected chi connectivity index (χ2v) is 9.24. The molecular formula is C27H33F2N7O4. The number of hydrogen-bond acceptors (Lipinski definition) is 8. The van der Waals surface area contributed by atoms with Crippen LogP contribution in [0.4, 0.5) is 26.0 Å². The standard InChI is InChI=1S/C27H33F2N7O4/c1-3-20(37)14-31-5-4-6-40-24-13-22-21(12-23(24)39-2)27(33-26-11-18(34-35-26)10-25(30)38)36(15-32-22)19-8-16(28)7-17(29)9-19/h7-9,11-13,20,31-32,37H,3-6,10,14-15H2,1-2H3,(H2,30,38)(H,34,35). The Bertz CT molecular complexity index is 1340. The molecule has 11 nitrogen and oxygen atoms in total. The number of fused-ring (bicyclic) bond motifs is 1. The van der Waals surface area contributed by atoms with Crippen molar-refractivity contribution in [1.29, 1.82) is 0 Å². The third kappa shape index (κ3) is 7.24. The molecule has 0 saturated heterocycles. The number of halogens is 2. The zero-order chi connectivity index (χ0) is 28.6. The predicted molar refractivity (Wildman–Crippen MR) is 147 cm³/mol. The number of primary amides is 1. The molecule has 0 bridgehead atoms. The van der Waals surface area contributed by atoms with Gasteiger partial charge in [-0.15, -0.1) is 0 Å². The highest BCUT2D eigenvalue weighted by atomic mass is 19.1. The number of carbonyl (C=O) groups is 1. The molecule has 13 heteroatoms. The van der Waals surface area contributed by atoms with Gasteiger partial charge in [0.25, 0.3) is 0 Å². The molecule has 1 aliphatic heterocycles. The van der Waals surface area contributed by atoms with E-state index in [0.29, 0.717) is 66.8 Å². The molecule has 1 aromatic heterocycles. The van der Waals surface area contributed by atoms with Gasteiger partial charge in [-0.3, -0.25) is 9.89 Å². The lowest BCUT2D eigenvalue weighted by Crippen LogP contribution is -2.40. The average molecular weight is 558 g/mol. The number of amidine groups is 1. The quantitative estimate of drug-likeness (QED) is 0.201. The Labute approximate surface area is 230 Å². The van der Waals surface area contributed by atoms with Crippen LogP contribution in [0.15, 0.2) is 41.4 Å². The molecule has 4 rings (SSSR count). The van der Waals surface area contributed by atoms with E-state index in [-0.39, 0.29) is 30.7 Å². The zero-order valence-electron chi connectivity index (χ0n) is 22.3. The second-order valence-electron chi connectivity index (χ2n) is 9.24. The Hall–Kier alpha value is -4.23. The van der Waals surface area contributed by atoms with Gasteiger partial charge in [0.05, 0.1) is 44.3 Å². The van der Waals surface area contributed by atoms with Crippen LogP contribution in [0.2, 0.25) is 0 Å². The number of methoxy groups -OCH3 is 1. The molecule has 2 heterocycles. The lowest BCUT2D eigenvalue weighted by Gasteiger charge is -2.33. The van der Waals surface area contributed by atoms with Gasteiger partial charge in [0.1, 0.15) is 17.5 Å². The summed E-state index contributed by atoms with van der Waals surface area (Å²) in [4.78, 5) is 17.6. The van der Waals surface area contributed by atoms with Crippen LogP contribution in [0.3, 0.4) is 0 Å². The molecular weight excluding hydrogens is 524 g/mol. The van der Waals surface area contributed by atoms with Crippen molar-refractivity contribution in [1.82, 2.24) is 15.5 Å². The van der Waals surface area contributed by atoms with Gasteiger partial charge in [0.2, 0.25) is 5.91 Å². The van der Waals surface area contributed by atoms with Crippen molar-refractivity contribution in [3.63, 3.8) is 0 Å². The number of aliphatic imine (C=N–C) groups is 1. The number of nitrogens with two attached hydrogens (primary N) is 1. The number of nitrogens with one attached hydrogen (secondary N) is 3. The summed E-state index contributed by atoms with van der Waals surface area (Å²) >= 11 is 0. The number of H-pyrrole nitrogens is 1. The minimum Gasteiger partial charge on any atom is -0.493 e. The summed E-state index contributed by atoms with van der Waals surface area (Å²) in [7, 11) is 1.51. The van der Waals surface area contributed by atoms with Gasteiger partial charge in [0, 0.05) is 36.0 Å². The summed E-state index contributed by atoms with van der Waals surface area (Å²) in [5.74, 6) is -0.451. The van der Waals surface area contributed by atoms with E-state index < -0.39 is 17.5 Å². The number of aliphatic hydroxyl groups excluding tert-OH is 1. The molecule has 0 aliphatic carbocycles. The fraction of sp³-hybridized carbons (Fsp3) is 0.370. The van der Waals surface area contributed by atoms with Crippen LogP contribution in [-0.4, -0.2) is 66.6 Å². The number of hydrogen-bond donors (Lipinski definition) is 5. The fourth-order valence-electron chi connectivity index (χ4n) is 4.16. The number of carbonyl (C=O) groups excluding carboxylic acids is 1. The molecule has 0 fully saturated rings. The molecule has 0 spiro atoms. The number of aromatic nitrogens is 2. The van der Waals surface area contributed by atoms with Crippen LogP contribution in [0, 0.1) is 11.6 Å². The number of ether oxygens (including phenoxy) is 2. The molecule has 1 amide bonds. The number of aromatic amines is 1. The summed E-state index contributed by atoms with van der Waals surface area (Å²) < 4.78 is 39.9. The minimum atomic E-state index is -0.733. The van der Waals surface area contributed by atoms with Crippen molar-refractivity contribution in [2.24, 2.45) is 10.7 Å². The normalized spacial score (nSPS) is 14.5. The van der Waals surface area contributed by atoms with Gasteiger partial charge in [-0.05, 0) is 37.6 Å². The van der Waals surface area contributed by atoms with Crippen molar-refractivity contribution >= 4 is 28.9 Å². The first-order chi connectivity index (χ1) is 19.3. The first kappa shape index (κ1) is 28.8. The van der Waals surface area contributed by atoms with Crippen molar-refractivity contribution in [2.45, 2.75) is 32.3 Å². The van der Waals surface area contributed by atoms with E-state index in [4.69, 9.17) is 15.2 Å². The molecule has 40 heavy (non-hydrogen) atoms. The van der Waals surface area contributed by atoms with Gasteiger partial charge in [-0.1, -0.05) is 6.92 Å².